The van der Waals surface area contributed by atoms with Crippen molar-refractivity contribution in [2.75, 3.05) is 0 Å². The van der Waals surface area contributed by atoms with Crippen molar-refractivity contribution in [3.05, 3.63) is 22.5 Å². The van der Waals surface area contributed by atoms with Crippen LogP contribution in [0, 0.1) is 6.92 Å². The van der Waals surface area contributed by atoms with Crippen LogP contribution in [0.15, 0.2) is 10.7 Å². The zero-order valence-corrected chi connectivity index (χ0v) is 8.56. The molecule has 0 saturated carbocycles. The Hall–Kier alpha value is -1.13. The molecule has 0 fully saturated rings. The van der Waals surface area contributed by atoms with Gasteiger partial charge in [0.1, 0.15) is 0 Å². The molecule has 2 aromatic rings. The molecule has 0 saturated heterocycles. The van der Waals surface area contributed by atoms with Gasteiger partial charge in [0.05, 0.1) is 21.7 Å². The van der Waals surface area contributed by atoms with Gasteiger partial charge in [-0.2, -0.15) is 0 Å². The zero-order valence-electron chi connectivity index (χ0n) is 7.04. The maximum atomic E-state index is 10.9. The maximum Gasteiger partial charge on any atom is 0.259 e. The van der Waals surface area contributed by atoms with Crippen molar-refractivity contribution in [3.8, 4) is 0 Å². The molecule has 2 rings (SSSR count). The molecule has 0 spiro atoms. The number of hydrogen-bond donors (Lipinski definition) is 0. The van der Waals surface area contributed by atoms with Gasteiger partial charge >= 0.3 is 0 Å². The van der Waals surface area contributed by atoms with Crippen molar-refractivity contribution in [1.29, 1.82) is 0 Å². The van der Waals surface area contributed by atoms with E-state index in [0.717, 1.165) is 0 Å². The molecule has 0 amide bonds. The molecule has 0 bridgehead atoms. The molecular weight excluding hydrogens is 227 g/mol. The lowest BCUT2D eigenvalue weighted by Gasteiger charge is -1.97. The molecular formula is C8H4Cl2N2O2. The molecule has 0 aliphatic heterocycles. The fourth-order valence-electron chi connectivity index (χ4n) is 1.15. The van der Waals surface area contributed by atoms with Gasteiger partial charge in [0, 0.05) is 6.20 Å². The van der Waals surface area contributed by atoms with Crippen LogP contribution in [0.3, 0.4) is 0 Å². The van der Waals surface area contributed by atoms with E-state index >= 15 is 0 Å². The first-order valence-corrected chi connectivity index (χ1v) is 4.47. The summed E-state index contributed by atoms with van der Waals surface area (Å²) in [7, 11) is 0. The number of hydrogen-bond acceptors (Lipinski definition) is 4. The fourth-order valence-corrected chi connectivity index (χ4v) is 1.69. The van der Waals surface area contributed by atoms with E-state index in [9.17, 15) is 4.79 Å². The highest BCUT2D eigenvalue weighted by Gasteiger charge is 2.16. The molecule has 0 aliphatic rings. The van der Waals surface area contributed by atoms with E-state index < -0.39 is 5.24 Å². The van der Waals surface area contributed by atoms with Crippen molar-refractivity contribution in [2.45, 2.75) is 6.92 Å². The van der Waals surface area contributed by atoms with Crippen LogP contribution < -0.4 is 0 Å². The molecule has 0 radical (unpaired) electrons. The molecule has 6 heteroatoms. The summed E-state index contributed by atoms with van der Waals surface area (Å²) >= 11 is 11.3. The molecule has 0 unspecified atom stereocenters. The minimum absolute atomic E-state index is 0.159. The molecule has 2 aromatic heterocycles. The van der Waals surface area contributed by atoms with Crippen LogP contribution in [0.5, 0.6) is 0 Å². The summed E-state index contributed by atoms with van der Waals surface area (Å²) in [6, 6.07) is 0. The summed E-state index contributed by atoms with van der Waals surface area (Å²) in [5, 5.41) is 3.79. The summed E-state index contributed by atoms with van der Waals surface area (Å²) < 4.78 is 4.86. The average molecular weight is 231 g/mol. The predicted octanol–water partition coefficient (Wildman–Crippen LogP) is 2.56. The largest absolute Gasteiger partial charge is 0.335 e. The number of aryl methyl sites for hydroxylation is 1. The van der Waals surface area contributed by atoms with Crippen molar-refractivity contribution in [2.24, 2.45) is 0 Å². The van der Waals surface area contributed by atoms with Crippen molar-refractivity contribution in [3.63, 3.8) is 0 Å². The van der Waals surface area contributed by atoms with Gasteiger partial charge in [-0.1, -0.05) is 16.8 Å². The van der Waals surface area contributed by atoms with Crippen molar-refractivity contribution < 1.29 is 9.32 Å². The Morgan fingerprint density at radius 3 is 2.93 bits per heavy atom. The number of halogens is 2. The second kappa shape index (κ2) is 3.22. The van der Waals surface area contributed by atoms with Crippen molar-refractivity contribution >= 4 is 39.5 Å². The monoisotopic (exact) mass is 230 g/mol. The molecule has 14 heavy (non-hydrogen) atoms. The van der Waals surface area contributed by atoms with E-state index in [2.05, 4.69) is 10.1 Å². The first-order valence-electron chi connectivity index (χ1n) is 3.71. The average Bonchev–Trinajstić information content (AvgIpc) is 2.48. The lowest BCUT2D eigenvalue weighted by molar-refractivity contribution is 0.108. The Kier molecular flexibility index (Phi) is 2.17. The third-order valence-electron chi connectivity index (χ3n) is 1.82. The molecule has 72 valence electrons. The normalized spacial score (nSPS) is 10.8. The highest BCUT2D eigenvalue weighted by atomic mass is 35.5. The molecule has 4 nitrogen and oxygen atoms in total. The van der Waals surface area contributed by atoms with Crippen LogP contribution in [0.1, 0.15) is 16.1 Å². The van der Waals surface area contributed by atoms with Gasteiger partial charge in [-0.05, 0) is 18.5 Å². The summed E-state index contributed by atoms with van der Waals surface area (Å²) in [4.78, 5) is 14.8. The molecule has 2 heterocycles. The van der Waals surface area contributed by atoms with Gasteiger partial charge in [-0.15, -0.1) is 0 Å². The Morgan fingerprint density at radius 2 is 2.29 bits per heavy atom. The van der Waals surface area contributed by atoms with Crippen LogP contribution in [-0.4, -0.2) is 15.4 Å². The van der Waals surface area contributed by atoms with Gasteiger partial charge in [-0.3, -0.25) is 4.79 Å². The van der Waals surface area contributed by atoms with Gasteiger partial charge in [0.2, 0.25) is 0 Å². The number of nitrogens with zero attached hydrogens (tertiary/aromatic N) is 2. The molecule has 0 aliphatic carbocycles. The standard InChI is InChI=1S/C8H4Cl2N2O2/c1-3-5-6(9)4(7(10)13)2-11-8(5)14-12-3/h2H,1H3. The first kappa shape index (κ1) is 9.43. The Morgan fingerprint density at radius 1 is 1.57 bits per heavy atom. The SMILES string of the molecule is Cc1noc2ncc(C(=O)Cl)c(Cl)c12. The van der Waals surface area contributed by atoms with Crippen LogP contribution in [0.25, 0.3) is 11.1 Å². The zero-order chi connectivity index (χ0) is 10.3. The Balaban J connectivity index is 2.86. The molecule has 0 N–H and O–H groups in total. The second-order valence-corrected chi connectivity index (χ2v) is 3.43. The Bertz CT molecular complexity index is 521. The second-order valence-electron chi connectivity index (χ2n) is 2.71. The summed E-state index contributed by atoms with van der Waals surface area (Å²) in [5.41, 5.74) is 1.04. The van der Waals surface area contributed by atoms with E-state index in [0.29, 0.717) is 16.8 Å². The fraction of sp³-hybridized carbons (Fsp3) is 0.125. The number of carbonyl (C=O) groups excluding carboxylic acids is 1. The first-order chi connectivity index (χ1) is 6.61. The summed E-state index contributed by atoms with van der Waals surface area (Å²) in [6.45, 7) is 1.71. The number of pyridine rings is 1. The maximum absolute atomic E-state index is 10.9. The van der Waals surface area contributed by atoms with E-state index in [1.165, 1.54) is 6.20 Å². The van der Waals surface area contributed by atoms with Gasteiger partial charge in [0.15, 0.2) is 0 Å². The highest BCUT2D eigenvalue weighted by Crippen LogP contribution is 2.28. The van der Waals surface area contributed by atoms with Gasteiger partial charge < -0.3 is 4.52 Å². The Labute approximate surface area is 88.8 Å². The van der Waals surface area contributed by atoms with Gasteiger partial charge in [-0.25, -0.2) is 4.98 Å². The number of rotatable bonds is 1. The predicted molar refractivity (Wildman–Crippen MR) is 51.7 cm³/mol. The lowest BCUT2D eigenvalue weighted by atomic mass is 10.2. The quantitative estimate of drug-likeness (QED) is 0.707. The third kappa shape index (κ3) is 1.27. The van der Waals surface area contributed by atoms with E-state index in [-0.39, 0.29) is 10.6 Å². The van der Waals surface area contributed by atoms with Crippen LogP contribution >= 0.6 is 23.2 Å². The van der Waals surface area contributed by atoms with E-state index in [1.807, 2.05) is 0 Å². The highest BCUT2D eigenvalue weighted by molar-refractivity contribution is 6.69. The number of carbonyl (C=O) groups is 1. The van der Waals surface area contributed by atoms with Crippen LogP contribution in [0.2, 0.25) is 5.02 Å². The van der Waals surface area contributed by atoms with E-state index in [1.54, 1.807) is 6.92 Å². The lowest BCUT2D eigenvalue weighted by Crippen LogP contribution is -1.92. The van der Waals surface area contributed by atoms with Gasteiger partial charge in [0.25, 0.3) is 11.0 Å². The van der Waals surface area contributed by atoms with E-state index in [4.69, 9.17) is 27.7 Å². The smallest absolute Gasteiger partial charge is 0.259 e. The number of fused-ring (bicyclic) bond motifs is 1. The topological polar surface area (TPSA) is 56.0 Å². The van der Waals surface area contributed by atoms with Crippen molar-refractivity contribution in [1.82, 2.24) is 10.1 Å². The minimum Gasteiger partial charge on any atom is -0.335 e. The van der Waals surface area contributed by atoms with Crippen LogP contribution in [0.4, 0.5) is 0 Å². The summed E-state index contributed by atoms with van der Waals surface area (Å²) in [5.74, 6) is 0. The minimum atomic E-state index is -0.648. The molecule has 0 atom stereocenters. The van der Waals surface area contributed by atoms with Crippen LogP contribution in [-0.2, 0) is 0 Å². The summed E-state index contributed by atoms with van der Waals surface area (Å²) in [6.07, 6.45) is 1.27. The number of aromatic nitrogens is 2. The molecule has 0 aromatic carbocycles. The third-order valence-corrected chi connectivity index (χ3v) is 2.42.